The molecule has 0 spiro atoms. The molecular weight excluding hydrogens is 188 g/mol. The minimum absolute atomic E-state index is 0.0732. The smallest absolute Gasteiger partial charge is 0.224 e. The number of carbonyl (C=O) groups excluding carboxylic acids is 1. The van der Waals surface area contributed by atoms with E-state index in [2.05, 4.69) is 19.2 Å². The number of rotatable bonds is 5. The quantitative estimate of drug-likeness (QED) is 0.681. The lowest BCUT2D eigenvalue weighted by molar-refractivity contribution is -0.125. The maximum atomic E-state index is 11.7. The SMILES string of the molecule is CC(C)CCCNC(=O)C1CCCC1N. The topological polar surface area (TPSA) is 55.1 Å². The van der Waals surface area contributed by atoms with Crippen molar-refractivity contribution in [1.29, 1.82) is 0 Å². The van der Waals surface area contributed by atoms with E-state index >= 15 is 0 Å². The Morgan fingerprint density at radius 2 is 2.20 bits per heavy atom. The van der Waals surface area contributed by atoms with Crippen molar-refractivity contribution >= 4 is 5.91 Å². The first-order valence-corrected chi connectivity index (χ1v) is 6.14. The van der Waals surface area contributed by atoms with Crippen LogP contribution in [0.25, 0.3) is 0 Å². The van der Waals surface area contributed by atoms with E-state index in [0.717, 1.165) is 38.1 Å². The van der Waals surface area contributed by atoms with Gasteiger partial charge in [0.15, 0.2) is 0 Å². The van der Waals surface area contributed by atoms with Gasteiger partial charge in [-0.1, -0.05) is 20.3 Å². The minimum Gasteiger partial charge on any atom is -0.356 e. The highest BCUT2D eigenvalue weighted by molar-refractivity contribution is 5.79. The molecule has 0 heterocycles. The molecule has 3 N–H and O–H groups in total. The lowest BCUT2D eigenvalue weighted by atomic mass is 10.0. The van der Waals surface area contributed by atoms with Gasteiger partial charge in [0.2, 0.25) is 5.91 Å². The highest BCUT2D eigenvalue weighted by Crippen LogP contribution is 2.23. The van der Waals surface area contributed by atoms with Gasteiger partial charge in [-0.15, -0.1) is 0 Å². The third kappa shape index (κ3) is 4.20. The third-order valence-electron chi connectivity index (χ3n) is 3.16. The van der Waals surface area contributed by atoms with E-state index in [4.69, 9.17) is 5.73 Å². The number of amides is 1. The van der Waals surface area contributed by atoms with Crippen LogP contribution in [-0.2, 0) is 4.79 Å². The molecular formula is C12H24N2O. The monoisotopic (exact) mass is 212 g/mol. The molecule has 0 aromatic rings. The van der Waals surface area contributed by atoms with Crippen molar-refractivity contribution in [3.05, 3.63) is 0 Å². The van der Waals surface area contributed by atoms with Crippen molar-refractivity contribution in [3.8, 4) is 0 Å². The van der Waals surface area contributed by atoms with E-state index in [0.29, 0.717) is 0 Å². The minimum atomic E-state index is 0.0732. The first-order chi connectivity index (χ1) is 7.11. The molecule has 0 saturated heterocycles. The van der Waals surface area contributed by atoms with Gasteiger partial charge in [0.05, 0.1) is 5.92 Å². The van der Waals surface area contributed by atoms with Crippen molar-refractivity contribution in [1.82, 2.24) is 5.32 Å². The molecule has 15 heavy (non-hydrogen) atoms. The Hall–Kier alpha value is -0.570. The van der Waals surface area contributed by atoms with Gasteiger partial charge in [0.1, 0.15) is 0 Å². The summed E-state index contributed by atoms with van der Waals surface area (Å²) in [6.07, 6.45) is 5.33. The second kappa shape index (κ2) is 6.11. The molecule has 0 bridgehead atoms. The molecule has 0 aromatic carbocycles. The fourth-order valence-corrected chi connectivity index (χ4v) is 2.17. The fraction of sp³-hybridized carbons (Fsp3) is 0.917. The van der Waals surface area contributed by atoms with Crippen molar-refractivity contribution in [3.63, 3.8) is 0 Å². The average Bonchev–Trinajstić information content (AvgIpc) is 2.58. The zero-order chi connectivity index (χ0) is 11.3. The van der Waals surface area contributed by atoms with Gasteiger partial charge in [0, 0.05) is 12.6 Å². The molecule has 2 unspecified atom stereocenters. The Morgan fingerprint density at radius 1 is 1.47 bits per heavy atom. The molecule has 1 saturated carbocycles. The van der Waals surface area contributed by atoms with Gasteiger partial charge in [-0.25, -0.2) is 0 Å². The van der Waals surface area contributed by atoms with E-state index in [1.165, 1.54) is 6.42 Å². The van der Waals surface area contributed by atoms with Crippen LogP contribution in [0.3, 0.4) is 0 Å². The fourth-order valence-electron chi connectivity index (χ4n) is 2.17. The summed E-state index contributed by atoms with van der Waals surface area (Å²) >= 11 is 0. The Balaban J connectivity index is 2.13. The Kier molecular flexibility index (Phi) is 5.09. The molecule has 3 heteroatoms. The highest BCUT2D eigenvalue weighted by Gasteiger charge is 2.29. The molecule has 88 valence electrons. The maximum Gasteiger partial charge on any atom is 0.224 e. The maximum absolute atomic E-state index is 11.7. The van der Waals surface area contributed by atoms with Gasteiger partial charge >= 0.3 is 0 Å². The predicted octanol–water partition coefficient (Wildman–Crippen LogP) is 1.67. The van der Waals surface area contributed by atoms with Crippen LogP contribution < -0.4 is 11.1 Å². The summed E-state index contributed by atoms with van der Waals surface area (Å²) < 4.78 is 0. The average molecular weight is 212 g/mol. The Bertz CT molecular complexity index is 204. The van der Waals surface area contributed by atoms with Crippen molar-refractivity contribution in [2.75, 3.05) is 6.54 Å². The lowest BCUT2D eigenvalue weighted by Crippen LogP contribution is -2.38. The molecule has 1 aliphatic carbocycles. The molecule has 2 atom stereocenters. The molecule has 3 nitrogen and oxygen atoms in total. The summed E-state index contributed by atoms with van der Waals surface area (Å²) in [6.45, 7) is 5.21. The standard InChI is InChI=1S/C12H24N2O/c1-9(2)5-4-8-14-12(15)10-6-3-7-11(10)13/h9-11H,3-8,13H2,1-2H3,(H,14,15). The van der Waals surface area contributed by atoms with Crippen LogP contribution in [0, 0.1) is 11.8 Å². The van der Waals surface area contributed by atoms with Crippen LogP contribution in [0.1, 0.15) is 46.0 Å². The zero-order valence-corrected chi connectivity index (χ0v) is 9.96. The number of nitrogens with one attached hydrogen (secondary N) is 1. The van der Waals surface area contributed by atoms with Crippen LogP contribution in [0.2, 0.25) is 0 Å². The van der Waals surface area contributed by atoms with Crippen molar-refractivity contribution < 1.29 is 4.79 Å². The summed E-state index contributed by atoms with van der Waals surface area (Å²) in [5, 5.41) is 2.99. The van der Waals surface area contributed by atoms with Crippen LogP contribution in [0.5, 0.6) is 0 Å². The molecule has 1 aliphatic rings. The third-order valence-corrected chi connectivity index (χ3v) is 3.16. The summed E-state index contributed by atoms with van der Waals surface area (Å²) in [5.41, 5.74) is 5.87. The van der Waals surface area contributed by atoms with Crippen molar-refractivity contribution in [2.45, 2.75) is 52.0 Å². The van der Waals surface area contributed by atoms with Gasteiger partial charge < -0.3 is 11.1 Å². The first kappa shape index (κ1) is 12.5. The van der Waals surface area contributed by atoms with Crippen LogP contribution in [0.4, 0.5) is 0 Å². The van der Waals surface area contributed by atoms with Gasteiger partial charge in [-0.3, -0.25) is 4.79 Å². The molecule has 1 amide bonds. The molecule has 0 aliphatic heterocycles. The Labute approximate surface area is 92.8 Å². The van der Waals surface area contributed by atoms with E-state index in [1.807, 2.05) is 0 Å². The zero-order valence-electron chi connectivity index (χ0n) is 9.96. The van der Waals surface area contributed by atoms with Crippen LogP contribution in [0.15, 0.2) is 0 Å². The number of carbonyl (C=O) groups is 1. The summed E-state index contributed by atoms with van der Waals surface area (Å²) in [7, 11) is 0. The Morgan fingerprint density at radius 3 is 2.73 bits per heavy atom. The summed E-state index contributed by atoms with van der Waals surface area (Å²) in [5.74, 6) is 0.962. The predicted molar refractivity (Wildman–Crippen MR) is 62.4 cm³/mol. The number of hydrogen-bond acceptors (Lipinski definition) is 2. The molecule has 1 fully saturated rings. The van der Waals surface area contributed by atoms with Crippen LogP contribution in [-0.4, -0.2) is 18.5 Å². The lowest BCUT2D eigenvalue weighted by Gasteiger charge is -2.15. The number of nitrogens with two attached hydrogens (primary N) is 1. The molecule has 1 rings (SSSR count). The number of hydrogen-bond donors (Lipinski definition) is 2. The van der Waals surface area contributed by atoms with Gasteiger partial charge in [-0.05, 0) is 31.6 Å². The highest BCUT2D eigenvalue weighted by atomic mass is 16.1. The van der Waals surface area contributed by atoms with E-state index in [9.17, 15) is 4.79 Å². The first-order valence-electron chi connectivity index (χ1n) is 6.14. The van der Waals surface area contributed by atoms with Gasteiger partial charge in [-0.2, -0.15) is 0 Å². The van der Waals surface area contributed by atoms with E-state index in [-0.39, 0.29) is 17.9 Å². The summed E-state index contributed by atoms with van der Waals surface area (Å²) in [6, 6.07) is 0.0927. The normalized spacial score (nSPS) is 25.9. The van der Waals surface area contributed by atoms with Gasteiger partial charge in [0.25, 0.3) is 0 Å². The molecule has 0 radical (unpaired) electrons. The summed E-state index contributed by atoms with van der Waals surface area (Å²) in [4.78, 5) is 11.7. The second-order valence-corrected chi connectivity index (χ2v) is 5.03. The van der Waals surface area contributed by atoms with Crippen LogP contribution >= 0.6 is 0 Å². The largest absolute Gasteiger partial charge is 0.356 e. The van der Waals surface area contributed by atoms with E-state index < -0.39 is 0 Å². The molecule has 0 aromatic heterocycles. The van der Waals surface area contributed by atoms with Crippen molar-refractivity contribution in [2.24, 2.45) is 17.6 Å². The second-order valence-electron chi connectivity index (χ2n) is 5.03. The van der Waals surface area contributed by atoms with E-state index in [1.54, 1.807) is 0 Å².